The first-order chi connectivity index (χ1) is 11.8. The number of halogens is 3. The summed E-state index contributed by atoms with van der Waals surface area (Å²) in [5.41, 5.74) is -2.35. The average molecular weight is 536 g/mol. The number of carbonyl (C=O) groups is 1. The van der Waals surface area contributed by atoms with Crippen molar-refractivity contribution in [3.05, 3.63) is 52.4 Å². The number of benzene rings is 2. The predicted molar refractivity (Wildman–Crippen MR) is 89.0 cm³/mol. The van der Waals surface area contributed by atoms with E-state index in [2.05, 4.69) is 0 Å². The van der Waals surface area contributed by atoms with E-state index in [1.54, 1.807) is 24.3 Å². The standard InChI is InChI=1S/C17H7F3O5.Eu.2H2O/c18-17(19,20)15(22)12-13(21)8-5-6-10-11(14(8)25-16(12)23)7-3-1-2-4-9(7)24-10;;;/h1-6,21H;;2*1H2. The summed E-state index contributed by atoms with van der Waals surface area (Å²) >= 11 is 0. The molecule has 0 amide bonds. The maximum absolute atomic E-state index is 12.7. The summed E-state index contributed by atoms with van der Waals surface area (Å²) < 4.78 is 48.5. The number of ketones is 1. The van der Waals surface area contributed by atoms with Gasteiger partial charge >= 0.3 is 11.8 Å². The van der Waals surface area contributed by atoms with Crippen molar-refractivity contribution in [1.29, 1.82) is 0 Å². The second-order valence-corrected chi connectivity index (χ2v) is 5.35. The van der Waals surface area contributed by atoms with Crippen LogP contribution in [0.2, 0.25) is 0 Å². The quantitative estimate of drug-likeness (QED) is 0.294. The van der Waals surface area contributed by atoms with E-state index in [4.69, 9.17) is 8.83 Å². The third-order valence-corrected chi connectivity index (χ3v) is 3.87. The van der Waals surface area contributed by atoms with Crippen LogP contribution in [0.1, 0.15) is 10.4 Å². The Hall–Kier alpha value is -1.79. The topological polar surface area (TPSA) is 144 Å². The third kappa shape index (κ3) is 3.60. The monoisotopic (exact) mass is 537 g/mol. The molecule has 5 N–H and O–H groups in total. The van der Waals surface area contributed by atoms with E-state index in [9.17, 15) is 27.9 Å². The van der Waals surface area contributed by atoms with E-state index in [0.29, 0.717) is 21.9 Å². The Morgan fingerprint density at radius 3 is 2.21 bits per heavy atom. The van der Waals surface area contributed by atoms with E-state index < -0.39 is 28.9 Å². The fraction of sp³-hybridized carbons (Fsp3) is 0.0588. The second kappa shape index (κ2) is 8.30. The molecule has 0 atom stereocenters. The van der Waals surface area contributed by atoms with Gasteiger partial charge in [0, 0.05) is 54.8 Å². The summed E-state index contributed by atoms with van der Waals surface area (Å²) in [6, 6.07) is 9.41. The van der Waals surface area contributed by atoms with Crippen LogP contribution in [0.5, 0.6) is 5.75 Å². The van der Waals surface area contributed by atoms with Gasteiger partial charge in [0.25, 0.3) is 5.78 Å². The number of furan rings is 1. The zero-order valence-electron chi connectivity index (χ0n) is 13.6. The fourth-order valence-electron chi connectivity index (χ4n) is 2.79. The molecule has 0 aliphatic heterocycles. The summed E-state index contributed by atoms with van der Waals surface area (Å²) in [4.78, 5) is 23.4. The Morgan fingerprint density at radius 1 is 0.929 bits per heavy atom. The van der Waals surface area contributed by atoms with Crippen molar-refractivity contribution in [3.8, 4) is 5.75 Å². The van der Waals surface area contributed by atoms with Crippen LogP contribution in [0.3, 0.4) is 0 Å². The Balaban J connectivity index is 0.00000131. The van der Waals surface area contributed by atoms with Crippen LogP contribution >= 0.6 is 0 Å². The number of hydrogen-bond donors (Lipinski definition) is 1. The maximum atomic E-state index is 12.7. The van der Waals surface area contributed by atoms with Crippen LogP contribution in [-0.4, -0.2) is 28.0 Å². The van der Waals surface area contributed by atoms with E-state index in [-0.39, 0.29) is 71.3 Å². The van der Waals surface area contributed by atoms with Crippen LogP contribution in [-0.2, 0) is 0 Å². The van der Waals surface area contributed by atoms with Crippen molar-refractivity contribution in [3.63, 3.8) is 0 Å². The first-order valence-corrected chi connectivity index (χ1v) is 7.00. The summed E-state index contributed by atoms with van der Waals surface area (Å²) in [5, 5.41) is 10.8. The molecule has 2 heterocycles. The molecule has 0 bridgehead atoms. The molecule has 1 radical (unpaired) electrons. The zero-order chi connectivity index (χ0) is 17.9. The minimum atomic E-state index is -5.31. The largest absolute Gasteiger partial charge is 0.506 e. The molecule has 0 unspecified atom stereocenters. The van der Waals surface area contributed by atoms with Crippen LogP contribution in [0, 0.1) is 49.4 Å². The van der Waals surface area contributed by atoms with Gasteiger partial charge in [0.1, 0.15) is 16.9 Å². The number of para-hydroxylation sites is 1. The van der Waals surface area contributed by atoms with Crippen molar-refractivity contribution in [1.82, 2.24) is 0 Å². The molecule has 7 nitrogen and oxygen atoms in total. The molecule has 0 aliphatic rings. The fourth-order valence-corrected chi connectivity index (χ4v) is 2.79. The first kappa shape index (κ1) is 24.3. The second-order valence-electron chi connectivity index (χ2n) is 5.35. The smallest absolute Gasteiger partial charge is 0.455 e. The van der Waals surface area contributed by atoms with Crippen molar-refractivity contribution >= 4 is 38.7 Å². The van der Waals surface area contributed by atoms with E-state index in [1.807, 2.05) is 0 Å². The third-order valence-electron chi connectivity index (χ3n) is 3.87. The molecule has 0 fully saturated rings. The molecule has 0 spiro atoms. The molecule has 0 saturated heterocycles. The van der Waals surface area contributed by atoms with Crippen LogP contribution in [0.4, 0.5) is 13.2 Å². The van der Waals surface area contributed by atoms with Crippen molar-refractivity contribution in [2.45, 2.75) is 6.18 Å². The molecule has 28 heavy (non-hydrogen) atoms. The summed E-state index contributed by atoms with van der Waals surface area (Å²) in [5.74, 6) is -3.53. The molecule has 149 valence electrons. The Morgan fingerprint density at radius 2 is 1.57 bits per heavy atom. The minimum absolute atomic E-state index is 0. The average Bonchev–Trinajstić information content (AvgIpc) is 2.92. The van der Waals surface area contributed by atoms with E-state index >= 15 is 0 Å². The van der Waals surface area contributed by atoms with Gasteiger partial charge in [-0.15, -0.1) is 0 Å². The SMILES string of the molecule is O.O.O=C(c1c(O)c2ccc3oc4ccccc4c3c2oc1=O)C(F)(F)F.[Eu]. The van der Waals surface area contributed by atoms with E-state index in [1.165, 1.54) is 12.1 Å². The first-order valence-electron chi connectivity index (χ1n) is 7.00. The number of fused-ring (bicyclic) bond motifs is 5. The maximum Gasteiger partial charge on any atom is 0.455 e. The summed E-state index contributed by atoms with van der Waals surface area (Å²) in [6.07, 6.45) is -5.31. The van der Waals surface area contributed by atoms with Gasteiger partial charge in [-0.25, -0.2) is 4.79 Å². The summed E-state index contributed by atoms with van der Waals surface area (Å²) in [7, 11) is 0. The van der Waals surface area contributed by atoms with Gasteiger partial charge in [0.05, 0.1) is 10.8 Å². The van der Waals surface area contributed by atoms with Crippen molar-refractivity contribution < 1.29 is 92.2 Å². The van der Waals surface area contributed by atoms with Gasteiger partial charge < -0.3 is 24.9 Å². The molecule has 4 aromatic rings. The summed E-state index contributed by atoms with van der Waals surface area (Å²) in [6.45, 7) is 0. The normalized spacial score (nSPS) is 11.0. The van der Waals surface area contributed by atoms with Gasteiger partial charge in [-0.3, -0.25) is 4.79 Å². The molecule has 11 heteroatoms. The van der Waals surface area contributed by atoms with Crippen molar-refractivity contribution in [2.75, 3.05) is 0 Å². The molecule has 2 aromatic heterocycles. The van der Waals surface area contributed by atoms with Gasteiger partial charge in [-0.1, -0.05) is 18.2 Å². The van der Waals surface area contributed by atoms with Gasteiger partial charge in [0.15, 0.2) is 11.1 Å². The molecular formula is C17H11EuF3O7. The Kier molecular flexibility index (Phi) is 7.19. The van der Waals surface area contributed by atoms with Gasteiger partial charge in [-0.2, -0.15) is 13.2 Å². The number of alkyl halides is 3. The minimum Gasteiger partial charge on any atom is -0.506 e. The van der Waals surface area contributed by atoms with Crippen LogP contribution in [0.25, 0.3) is 32.9 Å². The zero-order valence-corrected chi connectivity index (χ0v) is 16.0. The molecule has 2 aromatic carbocycles. The number of carbonyl (C=O) groups excluding carboxylic acids is 1. The molecule has 0 saturated carbocycles. The van der Waals surface area contributed by atoms with Gasteiger partial charge in [0.2, 0.25) is 0 Å². The Labute approximate surface area is 193 Å². The number of aromatic hydroxyl groups is 1. The molecular weight excluding hydrogens is 525 g/mol. The number of rotatable bonds is 1. The van der Waals surface area contributed by atoms with Gasteiger partial charge in [-0.05, 0) is 18.2 Å². The van der Waals surface area contributed by atoms with E-state index in [0.717, 1.165) is 0 Å². The number of Topliss-reactive ketones (excluding diaryl/α,β-unsaturated/α-hetero) is 1. The van der Waals surface area contributed by atoms with Crippen molar-refractivity contribution in [2.24, 2.45) is 0 Å². The number of hydrogen-bond acceptors (Lipinski definition) is 5. The van der Waals surface area contributed by atoms with Crippen LogP contribution < -0.4 is 5.63 Å². The molecule has 4 rings (SSSR count). The predicted octanol–water partition coefficient (Wildman–Crippen LogP) is 2.49. The van der Waals surface area contributed by atoms with Crippen LogP contribution in [0.15, 0.2) is 50.0 Å². The molecule has 0 aliphatic carbocycles. The Bertz CT molecular complexity index is 1240.